The molecular formula is C33H32N2O3S. The molecule has 0 amide bonds. The summed E-state index contributed by atoms with van der Waals surface area (Å²) in [5.74, 6) is -0.00769. The highest BCUT2D eigenvalue weighted by Crippen LogP contribution is 2.45. The fourth-order valence-corrected chi connectivity index (χ4v) is 6.22. The Labute approximate surface area is 233 Å². The summed E-state index contributed by atoms with van der Waals surface area (Å²) < 4.78 is 6.01. The number of hydrogen-bond donors (Lipinski definition) is 1. The van der Waals surface area contributed by atoms with Gasteiger partial charge >= 0.3 is 5.97 Å². The maximum Gasteiger partial charge on any atom is 0.303 e. The molecule has 0 bridgehead atoms. The van der Waals surface area contributed by atoms with Crippen molar-refractivity contribution in [3.8, 4) is 16.2 Å². The van der Waals surface area contributed by atoms with E-state index in [0.717, 1.165) is 39.6 Å². The molecule has 198 valence electrons. The van der Waals surface area contributed by atoms with Gasteiger partial charge in [0.15, 0.2) is 0 Å². The zero-order chi connectivity index (χ0) is 27.1. The molecule has 6 heteroatoms. The molecule has 0 aliphatic carbocycles. The number of allylic oxidation sites excluding steroid dienone is 1. The van der Waals surface area contributed by atoms with Crippen LogP contribution >= 0.6 is 11.3 Å². The lowest BCUT2D eigenvalue weighted by Gasteiger charge is -2.33. The van der Waals surface area contributed by atoms with E-state index in [1.807, 2.05) is 42.7 Å². The second-order valence-corrected chi connectivity index (χ2v) is 10.9. The van der Waals surface area contributed by atoms with Crippen LogP contribution < -0.4 is 4.74 Å². The molecule has 0 radical (unpaired) electrons. The van der Waals surface area contributed by atoms with Crippen LogP contribution in [0.4, 0.5) is 0 Å². The predicted molar refractivity (Wildman–Crippen MR) is 158 cm³/mol. The molecule has 2 unspecified atom stereocenters. The molecule has 3 aromatic carbocycles. The number of benzene rings is 3. The highest BCUT2D eigenvalue weighted by Gasteiger charge is 2.40. The molecule has 1 aromatic heterocycles. The molecular weight excluding hydrogens is 504 g/mol. The van der Waals surface area contributed by atoms with Crippen LogP contribution in [0.2, 0.25) is 0 Å². The van der Waals surface area contributed by atoms with Gasteiger partial charge in [-0.05, 0) is 53.3 Å². The Kier molecular flexibility index (Phi) is 8.33. The molecule has 1 aliphatic rings. The molecule has 4 aromatic rings. The van der Waals surface area contributed by atoms with E-state index in [9.17, 15) is 4.79 Å². The van der Waals surface area contributed by atoms with Crippen molar-refractivity contribution < 1.29 is 14.6 Å². The van der Waals surface area contributed by atoms with Gasteiger partial charge in [0.25, 0.3) is 0 Å². The van der Waals surface area contributed by atoms with Crippen LogP contribution in [0.25, 0.3) is 10.4 Å². The minimum absolute atomic E-state index is 0.0169. The van der Waals surface area contributed by atoms with E-state index in [0.29, 0.717) is 13.0 Å². The number of carboxylic acids is 1. The monoisotopic (exact) mass is 536 g/mol. The van der Waals surface area contributed by atoms with Crippen molar-refractivity contribution in [2.24, 2.45) is 4.99 Å². The smallest absolute Gasteiger partial charge is 0.303 e. The first-order valence-corrected chi connectivity index (χ1v) is 14.1. The molecule has 1 aliphatic heterocycles. The number of nitrogens with zero attached hydrogens (tertiary/aromatic N) is 2. The summed E-state index contributed by atoms with van der Waals surface area (Å²) in [6, 6.07) is 26.6. The zero-order valence-electron chi connectivity index (χ0n) is 22.0. The summed E-state index contributed by atoms with van der Waals surface area (Å²) in [5.41, 5.74) is 4.08. The average Bonchev–Trinajstić information content (AvgIpc) is 3.64. The van der Waals surface area contributed by atoms with Gasteiger partial charge in [0.05, 0.1) is 16.3 Å². The van der Waals surface area contributed by atoms with E-state index in [4.69, 9.17) is 19.8 Å². The van der Waals surface area contributed by atoms with Gasteiger partial charge in [0.1, 0.15) is 17.4 Å². The number of aliphatic imine (C=N–C) groups is 1. The standard InChI is InChI=1S/C33H32N2O3S/c1-2-19-33(20-6-21-35-33)31(32-34-22-29(39-32)26-7-4-3-5-8-26)27-14-9-25(10-15-27)23-38-28-16-11-24(12-17-28)13-18-30(36)37/h3-12,14-17,20-22,31H,2,13,18-19,23H2,1H3,(H,36,37). The lowest BCUT2D eigenvalue weighted by atomic mass is 9.77. The second kappa shape index (κ2) is 12.2. The largest absolute Gasteiger partial charge is 0.489 e. The highest BCUT2D eigenvalue weighted by atomic mass is 32.1. The Morgan fingerprint density at radius 1 is 1.00 bits per heavy atom. The van der Waals surface area contributed by atoms with Crippen molar-refractivity contribution in [1.82, 2.24) is 4.98 Å². The van der Waals surface area contributed by atoms with Gasteiger partial charge in [-0.25, -0.2) is 4.98 Å². The minimum Gasteiger partial charge on any atom is -0.489 e. The van der Waals surface area contributed by atoms with Crippen LogP contribution in [0.5, 0.6) is 5.75 Å². The Balaban J connectivity index is 1.35. The van der Waals surface area contributed by atoms with E-state index in [1.165, 1.54) is 11.1 Å². The number of thiazole rings is 1. The number of carbonyl (C=O) groups is 1. The fraction of sp³-hybridized carbons (Fsp3) is 0.242. The Hall–Kier alpha value is -4.03. The zero-order valence-corrected chi connectivity index (χ0v) is 22.8. The van der Waals surface area contributed by atoms with Gasteiger partial charge in [0.2, 0.25) is 0 Å². The van der Waals surface area contributed by atoms with Crippen molar-refractivity contribution >= 4 is 23.5 Å². The quantitative estimate of drug-likeness (QED) is 0.201. The maximum absolute atomic E-state index is 10.8. The van der Waals surface area contributed by atoms with Crippen LogP contribution in [0.1, 0.15) is 53.8 Å². The van der Waals surface area contributed by atoms with Crippen LogP contribution in [-0.2, 0) is 17.8 Å². The summed E-state index contributed by atoms with van der Waals surface area (Å²) in [6.07, 6.45) is 10.8. The van der Waals surface area contributed by atoms with Crippen LogP contribution in [0, 0.1) is 0 Å². The minimum atomic E-state index is -0.788. The molecule has 2 heterocycles. The van der Waals surface area contributed by atoms with Gasteiger partial charge in [0, 0.05) is 18.8 Å². The first-order valence-electron chi connectivity index (χ1n) is 13.3. The SMILES string of the molecule is CCCC1(C(c2ccc(COc3ccc(CCC(=O)O)cc3)cc2)c2ncc(-c3ccccc3)s2)C=CC=N1. The third-order valence-corrected chi connectivity index (χ3v) is 8.15. The number of aliphatic carboxylic acids is 1. The second-order valence-electron chi connectivity index (χ2n) is 9.81. The topological polar surface area (TPSA) is 71.8 Å². The number of carboxylic acid groups (broad SMARTS) is 1. The molecule has 0 saturated carbocycles. The van der Waals surface area contributed by atoms with Crippen molar-refractivity contribution in [2.45, 2.75) is 50.7 Å². The predicted octanol–water partition coefficient (Wildman–Crippen LogP) is 7.72. The van der Waals surface area contributed by atoms with E-state index >= 15 is 0 Å². The van der Waals surface area contributed by atoms with E-state index in [-0.39, 0.29) is 17.9 Å². The van der Waals surface area contributed by atoms with E-state index in [1.54, 1.807) is 11.3 Å². The van der Waals surface area contributed by atoms with Crippen LogP contribution in [-0.4, -0.2) is 27.8 Å². The summed E-state index contributed by atoms with van der Waals surface area (Å²) >= 11 is 1.74. The van der Waals surface area contributed by atoms with E-state index < -0.39 is 5.97 Å². The maximum atomic E-state index is 10.8. The first-order chi connectivity index (χ1) is 19.1. The normalized spacial score (nSPS) is 16.8. The van der Waals surface area contributed by atoms with Crippen molar-refractivity contribution in [2.75, 3.05) is 0 Å². The lowest BCUT2D eigenvalue weighted by molar-refractivity contribution is -0.136. The van der Waals surface area contributed by atoms with Crippen molar-refractivity contribution in [3.05, 3.63) is 119 Å². The van der Waals surface area contributed by atoms with Gasteiger partial charge in [-0.3, -0.25) is 9.79 Å². The summed E-state index contributed by atoms with van der Waals surface area (Å²) in [4.78, 5) is 21.9. The molecule has 39 heavy (non-hydrogen) atoms. The van der Waals surface area contributed by atoms with E-state index in [2.05, 4.69) is 67.6 Å². The number of rotatable bonds is 12. The highest BCUT2D eigenvalue weighted by molar-refractivity contribution is 7.15. The van der Waals surface area contributed by atoms with Gasteiger partial charge in [-0.15, -0.1) is 11.3 Å². The van der Waals surface area contributed by atoms with Crippen molar-refractivity contribution in [1.29, 1.82) is 0 Å². The van der Waals surface area contributed by atoms with Crippen LogP contribution in [0.3, 0.4) is 0 Å². The van der Waals surface area contributed by atoms with Crippen LogP contribution in [0.15, 0.2) is 102 Å². The molecule has 0 fully saturated rings. The molecule has 0 spiro atoms. The number of ether oxygens (including phenoxy) is 1. The fourth-order valence-electron chi connectivity index (χ4n) is 5.08. The molecule has 5 rings (SSSR count). The first kappa shape index (κ1) is 26.6. The molecule has 5 nitrogen and oxygen atoms in total. The number of aryl methyl sites for hydroxylation is 1. The average molecular weight is 537 g/mol. The molecule has 0 saturated heterocycles. The third-order valence-electron chi connectivity index (χ3n) is 7.03. The summed E-state index contributed by atoms with van der Waals surface area (Å²) in [5, 5.41) is 9.94. The molecule has 1 N–H and O–H groups in total. The Morgan fingerprint density at radius 2 is 1.74 bits per heavy atom. The summed E-state index contributed by atoms with van der Waals surface area (Å²) in [6.45, 7) is 2.66. The number of hydrogen-bond acceptors (Lipinski definition) is 5. The lowest BCUT2D eigenvalue weighted by Crippen LogP contribution is -2.32. The molecule has 2 atom stereocenters. The van der Waals surface area contributed by atoms with Gasteiger partial charge < -0.3 is 9.84 Å². The van der Waals surface area contributed by atoms with Crippen molar-refractivity contribution in [3.63, 3.8) is 0 Å². The Morgan fingerprint density at radius 3 is 2.41 bits per heavy atom. The van der Waals surface area contributed by atoms with Gasteiger partial charge in [-0.2, -0.15) is 0 Å². The Bertz CT molecular complexity index is 1430. The summed E-state index contributed by atoms with van der Waals surface area (Å²) in [7, 11) is 0. The van der Waals surface area contributed by atoms with Gasteiger partial charge in [-0.1, -0.05) is 86.2 Å². The third kappa shape index (κ3) is 6.35. The number of aromatic nitrogens is 1.